The zero-order valence-corrected chi connectivity index (χ0v) is 29.8. The van der Waals surface area contributed by atoms with Gasteiger partial charge in [-0.2, -0.15) is 5.01 Å². The lowest BCUT2D eigenvalue weighted by Gasteiger charge is -2.37. The minimum atomic E-state index is -1.45. The number of urea groups is 2. The van der Waals surface area contributed by atoms with Crippen molar-refractivity contribution in [1.29, 1.82) is 0 Å². The SMILES string of the molecule is CC(C)(C)NC(=O)N[C@@H](CCC(N)=O)C(=O)N(C(=O)[C@@H](N)Cc1c[nH]c2ccccc12)N(Cc1ccccc1)C(=O)NCCOCc1ccccc1. The first-order valence-electron chi connectivity index (χ1n) is 17.1. The Labute approximate surface area is 303 Å². The van der Waals surface area contributed by atoms with E-state index in [4.69, 9.17) is 16.2 Å². The van der Waals surface area contributed by atoms with E-state index >= 15 is 0 Å². The number of hydrazine groups is 1. The first-order valence-corrected chi connectivity index (χ1v) is 17.1. The third-order valence-electron chi connectivity index (χ3n) is 7.91. The lowest BCUT2D eigenvalue weighted by Crippen LogP contribution is -2.64. The molecule has 0 radical (unpaired) electrons. The van der Waals surface area contributed by atoms with E-state index in [1.54, 1.807) is 57.3 Å². The molecular weight excluding hydrogens is 664 g/mol. The summed E-state index contributed by atoms with van der Waals surface area (Å²) < 4.78 is 5.73. The van der Waals surface area contributed by atoms with Crippen molar-refractivity contribution in [2.45, 2.75) is 70.8 Å². The summed E-state index contributed by atoms with van der Waals surface area (Å²) in [5.74, 6) is -2.60. The molecule has 2 atom stereocenters. The van der Waals surface area contributed by atoms with Crippen molar-refractivity contribution >= 4 is 40.7 Å². The van der Waals surface area contributed by atoms with Gasteiger partial charge in [-0.25, -0.2) is 14.6 Å². The van der Waals surface area contributed by atoms with Gasteiger partial charge in [0.2, 0.25) is 5.91 Å². The van der Waals surface area contributed by atoms with Gasteiger partial charge in [0, 0.05) is 35.6 Å². The number of carbonyl (C=O) groups is 5. The van der Waals surface area contributed by atoms with Crippen LogP contribution in [-0.2, 0) is 38.7 Å². The van der Waals surface area contributed by atoms with Gasteiger partial charge in [0.25, 0.3) is 11.8 Å². The van der Waals surface area contributed by atoms with Gasteiger partial charge in [-0.05, 0) is 56.4 Å². The summed E-state index contributed by atoms with van der Waals surface area (Å²) in [5, 5.41) is 10.5. The van der Waals surface area contributed by atoms with E-state index in [1.807, 2.05) is 54.6 Å². The molecule has 7 amide bonds. The third kappa shape index (κ3) is 11.7. The van der Waals surface area contributed by atoms with Crippen LogP contribution in [0.5, 0.6) is 0 Å². The number of rotatable bonds is 15. The van der Waals surface area contributed by atoms with Crippen molar-refractivity contribution in [1.82, 2.24) is 31.0 Å². The molecule has 0 saturated carbocycles. The van der Waals surface area contributed by atoms with Crippen LogP contribution in [0.2, 0.25) is 0 Å². The Morgan fingerprint density at radius 1 is 0.865 bits per heavy atom. The third-order valence-corrected chi connectivity index (χ3v) is 7.91. The Bertz CT molecular complexity index is 1810. The molecule has 276 valence electrons. The van der Waals surface area contributed by atoms with Gasteiger partial charge >= 0.3 is 12.1 Å². The number of H-pyrrole nitrogens is 1. The Hall–Kier alpha value is -5.73. The van der Waals surface area contributed by atoms with Gasteiger partial charge in [0.15, 0.2) is 0 Å². The second-order valence-corrected chi connectivity index (χ2v) is 13.4. The number of amides is 7. The molecule has 0 spiro atoms. The van der Waals surface area contributed by atoms with Gasteiger partial charge in [-0.3, -0.25) is 14.4 Å². The van der Waals surface area contributed by atoms with Crippen molar-refractivity contribution in [2.24, 2.45) is 11.5 Å². The fourth-order valence-corrected chi connectivity index (χ4v) is 5.43. The highest BCUT2D eigenvalue weighted by Crippen LogP contribution is 2.21. The van der Waals surface area contributed by atoms with E-state index in [0.717, 1.165) is 27.0 Å². The van der Waals surface area contributed by atoms with E-state index < -0.39 is 47.4 Å². The number of para-hydroxylation sites is 1. The number of hydrogen-bond acceptors (Lipinski definition) is 7. The fourth-order valence-electron chi connectivity index (χ4n) is 5.43. The number of aromatic nitrogens is 1. The van der Waals surface area contributed by atoms with Crippen LogP contribution in [0.3, 0.4) is 0 Å². The number of primary amides is 1. The number of nitrogens with two attached hydrogens (primary N) is 2. The fraction of sp³-hybridized carbons (Fsp3) is 0.342. The number of ether oxygens (including phenoxy) is 1. The number of nitrogens with one attached hydrogen (secondary N) is 4. The van der Waals surface area contributed by atoms with E-state index in [2.05, 4.69) is 20.9 Å². The van der Waals surface area contributed by atoms with Gasteiger partial charge in [-0.15, -0.1) is 0 Å². The summed E-state index contributed by atoms with van der Waals surface area (Å²) in [6.45, 7) is 5.54. The number of aromatic amines is 1. The van der Waals surface area contributed by atoms with Crippen molar-refractivity contribution in [3.8, 4) is 0 Å². The number of imide groups is 1. The van der Waals surface area contributed by atoms with E-state index in [1.165, 1.54) is 0 Å². The molecule has 0 bridgehead atoms. The molecule has 0 fully saturated rings. The maximum absolute atomic E-state index is 14.6. The van der Waals surface area contributed by atoms with E-state index in [-0.39, 0.29) is 39.0 Å². The lowest BCUT2D eigenvalue weighted by atomic mass is 10.0. The highest BCUT2D eigenvalue weighted by atomic mass is 16.5. The van der Waals surface area contributed by atoms with Gasteiger partial charge in [0.05, 0.1) is 25.8 Å². The van der Waals surface area contributed by atoms with Crippen molar-refractivity contribution in [2.75, 3.05) is 13.2 Å². The number of fused-ring (bicyclic) bond motifs is 1. The first kappa shape index (κ1) is 39.1. The smallest absolute Gasteiger partial charge is 0.337 e. The largest absolute Gasteiger partial charge is 0.375 e. The van der Waals surface area contributed by atoms with Crippen LogP contribution in [0.1, 0.15) is 50.3 Å². The summed E-state index contributed by atoms with van der Waals surface area (Å²) in [4.78, 5) is 71.2. The van der Waals surface area contributed by atoms with Gasteiger partial charge in [0.1, 0.15) is 6.04 Å². The topological polar surface area (TPSA) is 205 Å². The average molecular weight is 713 g/mol. The normalized spacial score (nSPS) is 12.4. The predicted molar refractivity (Wildman–Crippen MR) is 197 cm³/mol. The molecule has 4 rings (SSSR count). The summed E-state index contributed by atoms with van der Waals surface area (Å²) in [5.41, 5.74) is 14.4. The second kappa shape index (κ2) is 18.5. The molecule has 1 aromatic heterocycles. The molecule has 0 aliphatic carbocycles. The molecule has 8 N–H and O–H groups in total. The minimum absolute atomic E-state index is 0.0185. The molecular formula is C38H48N8O6. The average Bonchev–Trinajstić information content (AvgIpc) is 3.51. The van der Waals surface area contributed by atoms with Crippen LogP contribution in [0.4, 0.5) is 9.59 Å². The Kier molecular flexibility index (Phi) is 13.9. The summed E-state index contributed by atoms with van der Waals surface area (Å²) in [6, 6.07) is 21.5. The van der Waals surface area contributed by atoms with E-state index in [0.29, 0.717) is 17.2 Å². The number of nitrogens with zero attached hydrogens (tertiary/aromatic N) is 2. The second-order valence-electron chi connectivity index (χ2n) is 13.4. The Morgan fingerprint density at radius 2 is 1.50 bits per heavy atom. The number of hydrogen-bond donors (Lipinski definition) is 6. The number of benzene rings is 3. The molecule has 0 saturated heterocycles. The first-order chi connectivity index (χ1) is 24.8. The molecule has 3 aromatic carbocycles. The molecule has 4 aromatic rings. The molecule has 52 heavy (non-hydrogen) atoms. The quantitative estimate of drug-likeness (QED) is 0.0799. The van der Waals surface area contributed by atoms with Crippen LogP contribution < -0.4 is 27.4 Å². The zero-order chi connectivity index (χ0) is 37.7. The standard InChI is InChI=1S/C38H48N8O6/c1-38(2,3)44-36(50)43-32(18-19-33(40)47)35(49)46(34(48)30(39)22-28-23-42-31-17-11-10-16-29(28)31)45(24-26-12-6-4-7-13-26)37(51)41-20-21-52-25-27-14-8-5-9-15-27/h4-17,23,30,32,42H,18-22,24-25,39H2,1-3H3,(H2,40,47)(H,41,51)(H2,43,44,50)/t30-,32-/m0/s1. The highest BCUT2D eigenvalue weighted by molar-refractivity contribution is 6.02. The highest BCUT2D eigenvalue weighted by Gasteiger charge is 2.39. The van der Waals surface area contributed by atoms with Gasteiger partial charge < -0.3 is 37.1 Å². The van der Waals surface area contributed by atoms with Crippen LogP contribution in [0.15, 0.2) is 91.1 Å². The zero-order valence-electron chi connectivity index (χ0n) is 29.8. The molecule has 1 heterocycles. The monoisotopic (exact) mass is 712 g/mol. The minimum Gasteiger partial charge on any atom is -0.375 e. The maximum atomic E-state index is 14.6. The van der Waals surface area contributed by atoms with Crippen LogP contribution >= 0.6 is 0 Å². The summed E-state index contributed by atoms with van der Waals surface area (Å²) in [6.07, 6.45) is 1.22. The molecule has 0 aliphatic heterocycles. The molecule has 0 unspecified atom stereocenters. The number of carbonyl (C=O) groups excluding carboxylic acids is 5. The maximum Gasteiger partial charge on any atom is 0.337 e. The predicted octanol–water partition coefficient (Wildman–Crippen LogP) is 3.47. The van der Waals surface area contributed by atoms with Crippen molar-refractivity contribution < 1.29 is 28.7 Å². The summed E-state index contributed by atoms with van der Waals surface area (Å²) >= 11 is 0. The molecule has 14 heteroatoms. The molecule has 0 aliphatic rings. The van der Waals surface area contributed by atoms with Crippen LogP contribution in [0.25, 0.3) is 10.9 Å². The van der Waals surface area contributed by atoms with Crippen LogP contribution in [0, 0.1) is 0 Å². The Morgan fingerprint density at radius 3 is 2.15 bits per heavy atom. The Balaban J connectivity index is 1.67. The van der Waals surface area contributed by atoms with Crippen molar-refractivity contribution in [3.63, 3.8) is 0 Å². The summed E-state index contributed by atoms with van der Waals surface area (Å²) in [7, 11) is 0. The van der Waals surface area contributed by atoms with E-state index in [9.17, 15) is 24.0 Å². The van der Waals surface area contributed by atoms with Gasteiger partial charge in [-0.1, -0.05) is 78.9 Å². The van der Waals surface area contributed by atoms with Crippen molar-refractivity contribution in [3.05, 3.63) is 108 Å². The van der Waals surface area contributed by atoms with Crippen LogP contribution in [-0.4, -0.2) is 75.6 Å². The lowest BCUT2D eigenvalue weighted by molar-refractivity contribution is -0.163. The molecule has 14 nitrogen and oxygen atoms in total.